The van der Waals surface area contributed by atoms with Crippen LogP contribution in [0.1, 0.15) is 49.2 Å². The highest BCUT2D eigenvalue weighted by atomic mass is 32.2. The monoisotopic (exact) mass is 482 g/mol. The van der Waals surface area contributed by atoms with Crippen LogP contribution < -0.4 is 0 Å². The number of furan rings is 1. The summed E-state index contributed by atoms with van der Waals surface area (Å²) in [5.41, 5.74) is 0.137. The molecular formula is C25H30N4O4S. The average Bonchev–Trinajstić information content (AvgIpc) is 3.77. The molecule has 3 fully saturated rings. The maximum Gasteiger partial charge on any atom is 0.244 e. The van der Waals surface area contributed by atoms with E-state index in [4.69, 9.17) is 4.42 Å². The van der Waals surface area contributed by atoms with Crippen molar-refractivity contribution >= 4 is 15.9 Å². The summed E-state index contributed by atoms with van der Waals surface area (Å²) in [4.78, 5) is 17.0. The van der Waals surface area contributed by atoms with Crippen molar-refractivity contribution in [2.45, 2.75) is 49.6 Å². The number of carbonyl (C=O) groups is 1. The third-order valence-electron chi connectivity index (χ3n) is 7.13. The summed E-state index contributed by atoms with van der Waals surface area (Å²) < 4.78 is 33.5. The third-order valence-corrected chi connectivity index (χ3v) is 9.09. The highest BCUT2D eigenvalue weighted by Crippen LogP contribution is 2.47. The van der Waals surface area contributed by atoms with E-state index in [2.05, 4.69) is 17.9 Å². The lowest BCUT2D eigenvalue weighted by Gasteiger charge is -2.35. The Morgan fingerprint density at radius 2 is 1.85 bits per heavy atom. The maximum absolute atomic E-state index is 13.1. The van der Waals surface area contributed by atoms with E-state index in [0.717, 1.165) is 24.4 Å². The smallest absolute Gasteiger partial charge is 0.244 e. The number of sulfonamides is 1. The number of hydrogen-bond donors (Lipinski definition) is 0. The van der Waals surface area contributed by atoms with Crippen LogP contribution in [0.15, 0.2) is 45.7 Å². The lowest BCUT2D eigenvalue weighted by molar-refractivity contribution is -0.134. The van der Waals surface area contributed by atoms with Crippen molar-refractivity contribution < 1.29 is 17.6 Å². The molecule has 2 saturated carbocycles. The Bertz CT molecular complexity index is 1210. The molecule has 2 atom stereocenters. The van der Waals surface area contributed by atoms with Crippen molar-refractivity contribution in [3.8, 4) is 6.07 Å². The van der Waals surface area contributed by atoms with Gasteiger partial charge in [-0.1, -0.05) is 19.1 Å². The molecule has 2 aromatic rings. The molecular weight excluding hydrogens is 452 g/mol. The quantitative estimate of drug-likeness (QED) is 0.574. The third kappa shape index (κ3) is 4.76. The molecule has 5 rings (SSSR count). The number of amides is 1. The van der Waals surface area contributed by atoms with Crippen LogP contribution >= 0.6 is 0 Å². The van der Waals surface area contributed by atoms with Crippen molar-refractivity contribution in [2.24, 2.45) is 5.92 Å². The molecule has 2 heterocycles. The SMILES string of the molecule is CC1CC1c1ccc(CN(CC(=O)N2CCN(S(=O)(=O)c3ccccc3C#N)CC2)C2CC2)o1. The molecule has 2 aliphatic carbocycles. The molecule has 1 saturated heterocycles. The lowest BCUT2D eigenvalue weighted by Crippen LogP contribution is -2.52. The van der Waals surface area contributed by atoms with Gasteiger partial charge in [0.2, 0.25) is 15.9 Å². The van der Waals surface area contributed by atoms with E-state index >= 15 is 0 Å². The summed E-state index contributed by atoms with van der Waals surface area (Å²) in [5, 5.41) is 9.28. The van der Waals surface area contributed by atoms with Gasteiger partial charge in [-0.25, -0.2) is 8.42 Å². The van der Waals surface area contributed by atoms with Gasteiger partial charge >= 0.3 is 0 Å². The van der Waals surface area contributed by atoms with Crippen molar-refractivity contribution in [3.63, 3.8) is 0 Å². The normalized spacial score (nSPS) is 23.1. The summed E-state index contributed by atoms with van der Waals surface area (Å²) >= 11 is 0. The van der Waals surface area contributed by atoms with Crippen molar-refractivity contribution in [2.75, 3.05) is 32.7 Å². The second kappa shape index (κ2) is 9.17. The minimum Gasteiger partial charge on any atom is -0.464 e. The number of carbonyl (C=O) groups excluding carboxylic acids is 1. The maximum atomic E-state index is 13.1. The predicted octanol–water partition coefficient (Wildman–Crippen LogP) is 2.77. The lowest BCUT2D eigenvalue weighted by atomic mass is 10.2. The summed E-state index contributed by atoms with van der Waals surface area (Å²) in [6, 6.07) is 12.7. The van der Waals surface area contributed by atoms with Crippen molar-refractivity contribution in [1.29, 1.82) is 5.26 Å². The van der Waals surface area contributed by atoms with Gasteiger partial charge in [-0.3, -0.25) is 9.69 Å². The molecule has 0 bridgehead atoms. The Morgan fingerprint density at radius 1 is 1.15 bits per heavy atom. The topological polar surface area (TPSA) is 97.9 Å². The number of benzene rings is 1. The van der Waals surface area contributed by atoms with Gasteiger partial charge in [0.1, 0.15) is 17.6 Å². The molecule has 1 aromatic heterocycles. The molecule has 8 nitrogen and oxygen atoms in total. The molecule has 1 aromatic carbocycles. The van der Waals surface area contributed by atoms with Crippen LogP contribution in [-0.4, -0.2) is 67.2 Å². The van der Waals surface area contributed by atoms with E-state index in [1.165, 1.54) is 22.9 Å². The fraction of sp³-hybridized carbons (Fsp3) is 0.520. The Morgan fingerprint density at radius 3 is 2.50 bits per heavy atom. The number of piperazine rings is 1. The standard InChI is InChI=1S/C25H30N4O4S/c1-18-14-22(18)23-9-8-21(33-23)16-28(20-6-7-20)17-25(30)27-10-12-29(13-11-27)34(31,32)24-5-3-2-4-19(24)15-26/h2-5,8-9,18,20,22H,6-7,10-14,16-17H2,1H3. The van der Waals surface area contributed by atoms with Crippen LogP contribution in [0, 0.1) is 17.2 Å². The first-order chi connectivity index (χ1) is 16.4. The number of rotatable bonds is 8. The second-order valence-corrected chi connectivity index (χ2v) is 11.6. The summed E-state index contributed by atoms with van der Waals surface area (Å²) in [6.07, 6.45) is 3.36. The van der Waals surface area contributed by atoms with Crippen molar-refractivity contribution in [3.05, 3.63) is 53.5 Å². The van der Waals surface area contributed by atoms with E-state index in [9.17, 15) is 18.5 Å². The average molecular weight is 483 g/mol. The Balaban J connectivity index is 1.18. The molecule has 3 aliphatic rings. The molecule has 34 heavy (non-hydrogen) atoms. The van der Waals surface area contributed by atoms with Gasteiger partial charge in [0.05, 0.1) is 23.5 Å². The largest absolute Gasteiger partial charge is 0.464 e. The van der Waals surface area contributed by atoms with Gasteiger partial charge in [0.15, 0.2) is 0 Å². The minimum absolute atomic E-state index is 0.0176. The van der Waals surface area contributed by atoms with Crippen LogP contribution in [0.25, 0.3) is 0 Å². The fourth-order valence-corrected chi connectivity index (χ4v) is 6.29. The molecule has 2 unspecified atom stereocenters. The van der Waals surface area contributed by atoms with E-state index in [1.807, 2.05) is 12.1 Å². The van der Waals surface area contributed by atoms with Crippen LogP contribution in [0.5, 0.6) is 0 Å². The highest BCUT2D eigenvalue weighted by Gasteiger charge is 2.38. The molecule has 9 heteroatoms. The highest BCUT2D eigenvalue weighted by molar-refractivity contribution is 7.89. The van der Waals surface area contributed by atoms with Crippen LogP contribution in [0.4, 0.5) is 0 Å². The molecule has 0 radical (unpaired) electrons. The van der Waals surface area contributed by atoms with Gasteiger partial charge in [-0.15, -0.1) is 0 Å². The molecule has 0 spiro atoms. The van der Waals surface area contributed by atoms with Gasteiger partial charge in [-0.05, 0) is 49.4 Å². The fourth-order valence-electron chi connectivity index (χ4n) is 4.73. The zero-order chi connectivity index (χ0) is 23.9. The first kappa shape index (κ1) is 23.1. The van der Waals surface area contributed by atoms with Crippen LogP contribution in [0.2, 0.25) is 0 Å². The van der Waals surface area contributed by atoms with Gasteiger partial charge in [-0.2, -0.15) is 9.57 Å². The number of nitriles is 1. The number of nitrogens with zero attached hydrogens (tertiary/aromatic N) is 4. The van der Waals surface area contributed by atoms with Gasteiger partial charge < -0.3 is 9.32 Å². The Hall–Kier alpha value is -2.67. The van der Waals surface area contributed by atoms with Crippen molar-refractivity contribution in [1.82, 2.24) is 14.1 Å². The summed E-state index contributed by atoms with van der Waals surface area (Å²) in [6.45, 7) is 4.29. The Labute approximate surface area is 200 Å². The second-order valence-electron chi connectivity index (χ2n) is 9.65. The first-order valence-electron chi connectivity index (χ1n) is 12.0. The summed E-state index contributed by atoms with van der Waals surface area (Å²) in [7, 11) is -3.77. The zero-order valence-electron chi connectivity index (χ0n) is 19.4. The minimum atomic E-state index is -3.77. The van der Waals surface area contributed by atoms with Gasteiger partial charge in [0, 0.05) is 38.1 Å². The Kier molecular flexibility index (Phi) is 6.23. The predicted molar refractivity (Wildman–Crippen MR) is 125 cm³/mol. The number of hydrogen-bond acceptors (Lipinski definition) is 6. The summed E-state index contributed by atoms with van der Waals surface area (Å²) in [5.74, 6) is 3.21. The molecule has 1 amide bonds. The molecule has 1 aliphatic heterocycles. The van der Waals surface area contributed by atoms with Crippen LogP contribution in [-0.2, 0) is 21.4 Å². The van der Waals surface area contributed by atoms with E-state index in [1.54, 1.807) is 17.0 Å². The van der Waals surface area contributed by atoms with E-state index in [-0.39, 0.29) is 29.5 Å². The van der Waals surface area contributed by atoms with E-state index < -0.39 is 10.0 Å². The first-order valence-corrected chi connectivity index (χ1v) is 13.4. The van der Waals surface area contributed by atoms with E-state index in [0.29, 0.717) is 44.1 Å². The molecule has 180 valence electrons. The van der Waals surface area contributed by atoms with Crippen LogP contribution in [0.3, 0.4) is 0 Å². The van der Waals surface area contributed by atoms with Gasteiger partial charge in [0.25, 0.3) is 0 Å². The molecule has 0 N–H and O–H groups in total. The zero-order valence-corrected chi connectivity index (χ0v) is 20.2.